The molecule has 0 aromatic carbocycles. The Morgan fingerprint density at radius 3 is 1.10 bits per heavy atom. The second kappa shape index (κ2) is 41.8. The summed E-state index contributed by atoms with van der Waals surface area (Å²) in [6, 6.07) is 0. The predicted molar refractivity (Wildman–Crippen MR) is 216 cm³/mol. The number of terminal acetylenes is 2. The molecule has 0 spiro atoms. The van der Waals surface area contributed by atoms with Crippen LogP contribution in [0, 0.1) is 48.4 Å². The molecule has 0 rings (SSSR count). The van der Waals surface area contributed by atoms with Crippen LogP contribution < -0.4 is 0 Å². The SMILES string of the molecule is C#CCCCCCCCCCCCCCCCCC/C=C\CCCC/C=C\CCCCC#C[C@@H](O)C#CCCCCCCCC[C@H](O)C#C. The van der Waals surface area contributed by atoms with Crippen molar-refractivity contribution in [2.45, 2.75) is 224 Å². The molecule has 0 fully saturated rings. The Labute approximate surface area is 306 Å². The molecule has 0 bridgehead atoms. The van der Waals surface area contributed by atoms with Crippen molar-refractivity contribution in [2.75, 3.05) is 0 Å². The summed E-state index contributed by atoms with van der Waals surface area (Å²) in [6.45, 7) is 0. The van der Waals surface area contributed by atoms with Crippen LogP contribution in [-0.2, 0) is 0 Å². The molecule has 0 aromatic rings. The second-order valence-corrected chi connectivity index (χ2v) is 13.9. The van der Waals surface area contributed by atoms with Gasteiger partial charge >= 0.3 is 0 Å². The minimum Gasteiger partial charge on any atom is -0.380 e. The fourth-order valence-electron chi connectivity index (χ4n) is 5.97. The smallest absolute Gasteiger partial charge is 0.176 e. The molecule has 0 saturated heterocycles. The van der Waals surface area contributed by atoms with E-state index in [1.54, 1.807) is 0 Å². The highest BCUT2D eigenvalue weighted by Gasteiger charge is 1.98. The summed E-state index contributed by atoms with van der Waals surface area (Å²) in [5.41, 5.74) is 0. The average Bonchev–Trinajstić information content (AvgIpc) is 3.11. The Morgan fingerprint density at radius 1 is 0.388 bits per heavy atom. The standard InChI is InChI=1S/C47H76O2/c1-3-5-6-7-8-9-10-11-12-13-14-15-16-17-18-19-20-21-22-23-24-25-26-27-28-29-30-31-35-38-41-44-47(49)45-42-39-36-33-32-34-37-40-43-46(48)4-2/h1-2,22-23,28-29,46-49H,5-21,24-27,30-40,43H2/b23-22-,29-28-/t46-,47-/m1/s1. The molecular formula is C47H76O2. The average molecular weight is 673 g/mol. The van der Waals surface area contributed by atoms with Gasteiger partial charge in [0.25, 0.3) is 0 Å². The molecule has 2 heteroatoms. The van der Waals surface area contributed by atoms with Gasteiger partial charge in [0, 0.05) is 19.3 Å². The molecule has 0 heterocycles. The molecule has 2 nitrogen and oxygen atoms in total. The Kier molecular flexibility index (Phi) is 39.8. The van der Waals surface area contributed by atoms with Gasteiger partial charge in [-0.1, -0.05) is 163 Å². The lowest BCUT2D eigenvalue weighted by Crippen LogP contribution is -2.01. The molecule has 0 aromatic heterocycles. The largest absolute Gasteiger partial charge is 0.380 e. The Balaban J connectivity index is 3.37. The van der Waals surface area contributed by atoms with E-state index in [1.165, 1.54) is 141 Å². The number of rotatable bonds is 34. The van der Waals surface area contributed by atoms with E-state index in [9.17, 15) is 10.2 Å². The number of unbranched alkanes of at least 4 members (excludes halogenated alkanes) is 28. The van der Waals surface area contributed by atoms with Gasteiger partial charge in [-0.2, -0.15) is 0 Å². The van der Waals surface area contributed by atoms with Crippen molar-refractivity contribution in [3.05, 3.63) is 24.3 Å². The third-order valence-electron chi connectivity index (χ3n) is 9.14. The summed E-state index contributed by atoms with van der Waals surface area (Å²) in [5, 5.41) is 19.3. The van der Waals surface area contributed by atoms with E-state index >= 15 is 0 Å². The van der Waals surface area contributed by atoms with Crippen molar-refractivity contribution in [2.24, 2.45) is 0 Å². The molecule has 49 heavy (non-hydrogen) atoms. The first-order valence-electron chi connectivity index (χ1n) is 20.7. The van der Waals surface area contributed by atoms with Crippen molar-refractivity contribution < 1.29 is 10.2 Å². The molecule has 0 aliphatic heterocycles. The Bertz CT molecular complexity index is 953. The predicted octanol–water partition coefficient (Wildman–Crippen LogP) is 13.0. The van der Waals surface area contributed by atoms with Gasteiger partial charge in [0.15, 0.2) is 6.10 Å². The van der Waals surface area contributed by atoms with E-state index < -0.39 is 12.2 Å². The summed E-state index contributed by atoms with van der Waals surface area (Å²) in [5.74, 6) is 17.0. The van der Waals surface area contributed by atoms with Crippen LogP contribution in [-0.4, -0.2) is 22.4 Å². The van der Waals surface area contributed by atoms with Crippen LogP contribution in [0.5, 0.6) is 0 Å². The highest BCUT2D eigenvalue weighted by molar-refractivity contribution is 5.19. The zero-order chi connectivity index (χ0) is 35.6. The van der Waals surface area contributed by atoms with Gasteiger partial charge in [-0.25, -0.2) is 0 Å². The fraction of sp³-hybridized carbons (Fsp3) is 0.745. The molecule has 0 aliphatic carbocycles. The van der Waals surface area contributed by atoms with Crippen LogP contribution in [0.25, 0.3) is 0 Å². The van der Waals surface area contributed by atoms with Gasteiger partial charge in [0.1, 0.15) is 6.10 Å². The van der Waals surface area contributed by atoms with Crippen LogP contribution in [0.4, 0.5) is 0 Å². The van der Waals surface area contributed by atoms with Crippen LogP contribution in [0.1, 0.15) is 212 Å². The third kappa shape index (κ3) is 41.7. The molecule has 0 amide bonds. The van der Waals surface area contributed by atoms with Crippen molar-refractivity contribution >= 4 is 0 Å². The first kappa shape index (κ1) is 46.6. The van der Waals surface area contributed by atoms with E-state index in [2.05, 4.69) is 59.8 Å². The molecule has 2 atom stereocenters. The maximum absolute atomic E-state index is 9.92. The normalized spacial score (nSPS) is 12.2. The molecule has 0 aliphatic rings. The lowest BCUT2D eigenvalue weighted by Gasteiger charge is -2.03. The summed E-state index contributed by atoms with van der Waals surface area (Å²) in [6.07, 6.45) is 59.0. The highest BCUT2D eigenvalue weighted by Crippen LogP contribution is 2.15. The van der Waals surface area contributed by atoms with Crippen molar-refractivity contribution in [3.8, 4) is 48.4 Å². The number of aliphatic hydroxyl groups excluding tert-OH is 2. The maximum atomic E-state index is 9.92. The first-order valence-corrected chi connectivity index (χ1v) is 20.7. The lowest BCUT2D eigenvalue weighted by atomic mass is 10.0. The van der Waals surface area contributed by atoms with Gasteiger partial charge in [0.05, 0.1) is 0 Å². The minimum atomic E-state index is -0.821. The zero-order valence-electron chi connectivity index (χ0n) is 31.8. The van der Waals surface area contributed by atoms with E-state index in [0.717, 1.165) is 64.2 Å². The number of allylic oxidation sites excluding steroid dienone is 4. The zero-order valence-corrected chi connectivity index (χ0v) is 31.8. The molecule has 0 saturated carbocycles. The van der Waals surface area contributed by atoms with Crippen LogP contribution in [0.2, 0.25) is 0 Å². The topological polar surface area (TPSA) is 40.5 Å². The highest BCUT2D eigenvalue weighted by atomic mass is 16.3. The minimum absolute atomic E-state index is 0.587. The molecule has 276 valence electrons. The lowest BCUT2D eigenvalue weighted by molar-refractivity contribution is 0.217. The van der Waals surface area contributed by atoms with E-state index in [4.69, 9.17) is 12.8 Å². The fourth-order valence-corrected chi connectivity index (χ4v) is 5.97. The van der Waals surface area contributed by atoms with Crippen molar-refractivity contribution in [1.29, 1.82) is 0 Å². The Morgan fingerprint density at radius 2 is 0.694 bits per heavy atom. The summed E-state index contributed by atoms with van der Waals surface area (Å²) < 4.78 is 0. The summed E-state index contributed by atoms with van der Waals surface area (Å²) >= 11 is 0. The van der Waals surface area contributed by atoms with Gasteiger partial charge in [-0.3, -0.25) is 0 Å². The van der Waals surface area contributed by atoms with Gasteiger partial charge in [-0.15, -0.1) is 18.8 Å². The maximum Gasteiger partial charge on any atom is 0.176 e. The summed E-state index contributed by atoms with van der Waals surface area (Å²) in [4.78, 5) is 0. The third-order valence-corrected chi connectivity index (χ3v) is 9.14. The van der Waals surface area contributed by atoms with E-state index in [0.29, 0.717) is 6.42 Å². The van der Waals surface area contributed by atoms with E-state index in [1.807, 2.05) is 0 Å². The molecule has 2 N–H and O–H groups in total. The van der Waals surface area contributed by atoms with Crippen LogP contribution >= 0.6 is 0 Å². The summed E-state index contributed by atoms with van der Waals surface area (Å²) in [7, 11) is 0. The molecular weight excluding hydrogens is 597 g/mol. The number of hydrogen-bond donors (Lipinski definition) is 2. The van der Waals surface area contributed by atoms with Crippen molar-refractivity contribution in [1.82, 2.24) is 0 Å². The molecule has 0 radical (unpaired) electrons. The van der Waals surface area contributed by atoms with E-state index in [-0.39, 0.29) is 0 Å². The quantitative estimate of drug-likeness (QED) is 0.0406. The number of hydrogen-bond acceptors (Lipinski definition) is 2. The second-order valence-electron chi connectivity index (χ2n) is 13.9. The van der Waals surface area contributed by atoms with Crippen LogP contribution in [0.15, 0.2) is 24.3 Å². The monoisotopic (exact) mass is 673 g/mol. The Hall–Kier alpha value is -2.36. The molecule has 0 unspecified atom stereocenters. The van der Waals surface area contributed by atoms with Gasteiger partial charge < -0.3 is 10.2 Å². The van der Waals surface area contributed by atoms with Gasteiger partial charge in [0.2, 0.25) is 0 Å². The number of aliphatic hydroxyl groups is 2. The van der Waals surface area contributed by atoms with Crippen molar-refractivity contribution in [3.63, 3.8) is 0 Å². The van der Waals surface area contributed by atoms with Gasteiger partial charge in [-0.05, 0) is 83.5 Å². The first-order chi connectivity index (χ1) is 24.2. The van der Waals surface area contributed by atoms with Crippen LogP contribution in [0.3, 0.4) is 0 Å².